The molecule has 0 spiro atoms. The minimum atomic E-state index is -0.444. The summed E-state index contributed by atoms with van der Waals surface area (Å²) in [6, 6.07) is 17.4. The van der Waals surface area contributed by atoms with Crippen LogP contribution >= 0.6 is 0 Å². The summed E-state index contributed by atoms with van der Waals surface area (Å²) in [5, 5.41) is 10.7. The molecule has 5 nitrogen and oxygen atoms in total. The Bertz CT molecular complexity index is 887. The summed E-state index contributed by atoms with van der Waals surface area (Å²) in [4.78, 5) is 12.1. The molecule has 1 heterocycles. The van der Waals surface area contributed by atoms with Gasteiger partial charge in [0.25, 0.3) is 5.91 Å². The Kier molecular flexibility index (Phi) is 4.47. The second-order valence-corrected chi connectivity index (χ2v) is 5.15. The Labute approximate surface area is 138 Å². The smallest absolute Gasteiger partial charge is 0.272 e. The van der Waals surface area contributed by atoms with Crippen LogP contribution in [0, 0.1) is 5.82 Å². The number of H-pyrrole nitrogens is 1. The highest BCUT2D eigenvalue weighted by Crippen LogP contribution is 2.16. The number of hydrogen-bond acceptors (Lipinski definition) is 3. The number of halogens is 1. The monoisotopic (exact) mass is 322 g/mol. The molecule has 0 aliphatic rings. The molecule has 1 amide bonds. The topological polar surface area (TPSA) is 70.1 Å². The van der Waals surface area contributed by atoms with Crippen molar-refractivity contribution in [2.75, 3.05) is 0 Å². The Hall–Kier alpha value is -3.28. The van der Waals surface area contributed by atoms with Crippen molar-refractivity contribution in [2.45, 2.75) is 6.92 Å². The zero-order valence-corrected chi connectivity index (χ0v) is 13.0. The molecule has 3 rings (SSSR count). The number of hydrogen-bond donors (Lipinski definition) is 2. The van der Waals surface area contributed by atoms with Gasteiger partial charge in [0.05, 0.1) is 11.4 Å². The molecule has 0 aliphatic heterocycles. The third kappa shape index (κ3) is 3.38. The number of benzene rings is 2. The summed E-state index contributed by atoms with van der Waals surface area (Å²) in [5.74, 6) is -0.832. The first-order valence-corrected chi connectivity index (χ1v) is 7.35. The van der Waals surface area contributed by atoms with E-state index in [1.54, 1.807) is 31.2 Å². The van der Waals surface area contributed by atoms with Gasteiger partial charge in [-0.1, -0.05) is 48.5 Å². The van der Waals surface area contributed by atoms with Crippen molar-refractivity contribution in [2.24, 2.45) is 5.10 Å². The second kappa shape index (κ2) is 6.87. The first-order valence-electron chi connectivity index (χ1n) is 7.35. The second-order valence-electron chi connectivity index (χ2n) is 5.15. The van der Waals surface area contributed by atoms with Crippen LogP contribution in [0.4, 0.5) is 4.39 Å². The minimum absolute atomic E-state index is 0.277. The van der Waals surface area contributed by atoms with E-state index in [0.717, 1.165) is 5.56 Å². The summed E-state index contributed by atoms with van der Waals surface area (Å²) in [6.07, 6.45) is 0. The van der Waals surface area contributed by atoms with Gasteiger partial charge in [0.1, 0.15) is 11.5 Å². The first kappa shape index (κ1) is 15.6. The van der Waals surface area contributed by atoms with E-state index in [1.165, 1.54) is 6.07 Å². The standard InChI is InChI=1S/C18H15FN4O/c1-12(14-9-5-6-10-15(14)19)20-23-18(24)17-11-16(21-22-17)13-7-3-2-4-8-13/h2-11H,1H3,(H,21,22)(H,23,24)/b20-12-. The highest BCUT2D eigenvalue weighted by atomic mass is 19.1. The molecular formula is C18H15FN4O. The van der Waals surface area contributed by atoms with Crippen LogP contribution in [-0.4, -0.2) is 21.8 Å². The van der Waals surface area contributed by atoms with Crippen LogP contribution in [0.5, 0.6) is 0 Å². The zero-order chi connectivity index (χ0) is 16.9. The van der Waals surface area contributed by atoms with Crippen molar-refractivity contribution < 1.29 is 9.18 Å². The molecule has 120 valence electrons. The van der Waals surface area contributed by atoms with Crippen LogP contribution in [0.3, 0.4) is 0 Å². The van der Waals surface area contributed by atoms with Gasteiger partial charge in [0, 0.05) is 11.1 Å². The first-order chi connectivity index (χ1) is 11.6. The number of nitrogens with zero attached hydrogens (tertiary/aromatic N) is 2. The minimum Gasteiger partial charge on any atom is -0.272 e. The maximum atomic E-state index is 13.7. The average Bonchev–Trinajstić information content (AvgIpc) is 3.11. The van der Waals surface area contributed by atoms with E-state index >= 15 is 0 Å². The van der Waals surface area contributed by atoms with Crippen LogP contribution in [0.2, 0.25) is 0 Å². The predicted octanol–water partition coefficient (Wildman–Crippen LogP) is 3.37. The summed E-state index contributed by atoms with van der Waals surface area (Å²) in [5.41, 5.74) is 4.96. The largest absolute Gasteiger partial charge is 0.289 e. The van der Waals surface area contributed by atoms with Crippen molar-refractivity contribution in [3.8, 4) is 11.3 Å². The van der Waals surface area contributed by atoms with Crippen LogP contribution < -0.4 is 5.43 Å². The van der Waals surface area contributed by atoms with Gasteiger partial charge in [-0.15, -0.1) is 0 Å². The van der Waals surface area contributed by atoms with Gasteiger partial charge in [-0.25, -0.2) is 9.82 Å². The lowest BCUT2D eigenvalue weighted by Gasteiger charge is -2.02. The van der Waals surface area contributed by atoms with Gasteiger partial charge in [-0.05, 0) is 19.1 Å². The molecule has 24 heavy (non-hydrogen) atoms. The average molecular weight is 322 g/mol. The van der Waals surface area contributed by atoms with Crippen LogP contribution in [-0.2, 0) is 0 Å². The summed E-state index contributed by atoms with van der Waals surface area (Å²) in [6.45, 7) is 1.63. The van der Waals surface area contributed by atoms with Crippen LogP contribution in [0.15, 0.2) is 65.8 Å². The van der Waals surface area contributed by atoms with Gasteiger partial charge in [-0.3, -0.25) is 9.89 Å². The fourth-order valence-electron chi connectivity index (χ4n) is 2.20. The van der Waals surface area contributed by atoms with Gasteiger partial charge in [0.15, 0.2) is 0 Å². The number of carbonyl (C=O) groups excluding carboxylic acids is 1. The van der Waals surface area contributed by atoms with E-state index in [-0.39, 0.29) is 11.5 Å². The number of hydrazone groups is 1. The Morgan fingerprint density at radius 2 is 1.83 bits per heavy atom. The van der Waals surface area contributed by atoms with Crippen LogP contribution in [0.25, 0.3) is 11.3 Å². The molecule has 0 fully saturated rings. The van der Waals surface area contributed by atoms with E-state index in [9.17, 15) is 9.18 Å². The molecule has 0 atom stereocenters. The number of aromatic nitrogens is 2. The number of aromatic amines is 1. The maximum absolute atomic E-state index is 13.7. The molecule has 1 aromatic heterocycles. The molecule has 0 radical (unpaired) electrons. The van der Waals surface area contributed by atoms with E-state index in [1.807, 2.05) is 30.3 Å². The van der Waals surface area contributed by atoms with Crippen molar-refractivity contribution in [3.63, 3.8) is 0 Å². The number of amides is 1. The summed E-state index contributed by atoms with van der Waals surface area (Å²) < 4.78 is 13.7. The van der Waals surface area contributed by atoms with Gasteiger partial charge in [-0.2, -0.15) is 10.2 Å². The number of rotatable bonds is 4. The molecule has 0 saturated carbocycles. The summed E-state index contributed by atoms with van der Waals surface area (Å²) in [7, 11) is 0. The maximum Gasteiger partial charge on any atom is 0.289 e. The van der Waals surface area contributed by atoms with E-state index < -0.39 is 5.91 Å². The quantitative estimate of drug-likeness (QED) is 0.571. The molecule has 6 heteroatoms. The van der Waals surface area contributed by atoms with E-state index in [4.69, 9.17) is 0 Å². The van der Waals surface area contributed by atoms with Crippen molar-refractivity contribution in [3.05, 3.63) is 77.7 Å². The molecule has 3 aromatic rings. The molecule has 0 unspecified atom stereocenters. The molecule has 2 aromatic carbocycles. The van der Waals surface area contributed by atoms with Crippen LogP contribution in [0.1, 0.15) is 23.0 Å². The summed E-state index contributed by atoms with van der Waals surface area (Å²) >= 11 is 0. The van der Waals surface area contributed by atoms with E-state index in [0.29, 0.717) is 17.0 Å². The highest BCUT2D eigenvalue weighted by molar-refractivity contribution is 6.00. The van der Waals surface area contributed by atoms with E-state index in [2.05, 4.69) is 20.7 Å². The molecule has 0 saturated heterocycles. The number of nitrogens with one attached hydrogen (secondary N) is 2. The van der Waals surface area contributed by atoms with Gasteiger partial charge >= 0.3 is 0 Å². The fourth-order valence-corrected chi connectivity index (χ4v) is 2.20. The third-order valence-corrected chi connectivity index (χ3v) is 3.48. The van der Waals surface area contributed by atoms with Crippen molar-refractivity contribution in [1.82, 2.24) is 15.6 Å². The van der Waals surface area contributed by atoms with Crippen molar-refractivity contribution in [1.29, 1.82) is 0 Å². The van der Waals surface area contributed by atoms with Gasteiger partial charge < -0.3 is 0 Å². The highest BCUT2D eigenvalue weighted by Gasteiger charge is 2.11. The Morgan fingerprint density at radius 1 is 1.12 bits per heavy atom. The third-order valence-electron chi connectivity index (χ3n) is 3.48. The predicted molar refractivity (Wildman–Crippen MR) is 90.1 cm³/mol. The lowest BCUT2D eigenvalue weighted by atomic mass is 10.1. The normalized spacial score (nSPS) is 11.3. The molecule has 0 aliphatic carbocycles. The lowest BCUT2D eigenvalue weighted by molar-refractivity contribution is 0.0950. The molecular weight excluding hydrogens is 307 g/mol. The van der Waals surface area contributed by atoms with Gasteiger partial charge in [0.2, 0.25) is 0 Å². The zero-order valence-electron chi connectivity index (χ0n) is 13.0. The molecule has 2 N–H and O–H groups in total. The number of carbonyl (C=O) groups is 1. The lowest BCUT2D eigenvalue weighted by Crippen LogP contribution is -2.20. The molecule has 0 bridgehead atoms. The Morgan fingerprint density at radius 3 is 2.58 bits per heavy atom. The SMILES string of the molecule is C/C(=N/NC(=O)c1cc(-c2ccccc2)n[nH]1)c1ccccc1F. The Balaban J connectivity index is 1.73. The fraction of sp³-hybridized carbons (Fsp3) is 0.0556. The van der Waals surface area contributed by atoms with Crippen molar-refractivity contribution >= 4 is 11.6 Å².